The van der Waals surface area contributed by atoms with Gasteiger partial charge in [0.15, 0.2) is 0 Å². The van der Waals surface area contributed by atoms with Gasteiger partial charge in [0.2, 0.25) is 11.8 Å². The number of aryl methyl sites for hydroxylation is 2. The van der Waals surface area contributed by atoms with Crippen molar-refractivity contribution in [2.24, 2.45) is 5.41 Å². The van der Waals surface area contributed by atoms with Gasteiger partial charge in [-0.05, 0) is 69.4 Å². The number of rotatable bonds is 12. The standard InChI is InChI=1S/C27H42N4O4/c1-19(32)29-22-14-16-27(2,17-15-22)26(35)31-23(25(33)34)11-7-5-3-4-6-10-21-13-12-20-9-8-18-28-24(20)30-21/h12-13,22-23H,3-11,14-18H2,1-2H3,(H,28,30)(H,29,32)(H,31,35)(H,33,34). The maximum Gasteiger partial charge on any atom is 0.326 e. The monoisotopic (exact) mass is 486 g/mol. The van der Waals surface area contributed by atoms with Gasteiger partial charge < -0.3 is 21.1 Å². The first-order valence-corrected chi connectivity index (χ1v) is 13.3. The molecule has 1 aromatic heterocycles. The van der Waals surface area contributed by atoms with Crippen molar-refractivity contribution >= 4 is 23.6 Å². The van der Waals surface area contributed by atoms with Crippen LogP contribution < -0.4 is 16.0 Å². The van der Waals surface area contributed by atoms with Gasteiger partial charge in [0.1, 0.15) is 11.9 Å². The van der Waals surface area contributed by atoms with Gasteiger partial charge >= 0.3 is 5.97 Å². The van der Waals surface area contributed by atoms with Crippen LogP contribution in [0.15, 0.2) is 12.1 Å². The number of hydrogen-bond donors (Lipinski definition) is 4. The van der Waals surface area contributed by atoms with Crippen LogP contribution in [0, 0.1) is 5.41 Å². The maximum absolute atomic E-state index is 12.9. The summed E-state index contributed by atoms with van der Waals surface area (Å²) in [6.45, 7) is 4.40. The molecule has 1 atom stereocenters. The van der Waals surface area contributed by atoms with E-state index in [9.17, 15) is 19.5 Å². The first-order chi connectivity index (χ1) is 16.8. The number of carboxylic acids is 1. The highest BCUT2D eigenvalue weighted by atomic mass is 16.4. The molecular weight excluding hydrogens is 444 g/mol. The summed E-state index contributed by atoms with van der Waals surface area (Å²) >= 11 is 0. The summed E-state index contributed by atoms with van der Waals surface area (Å²) in [5.41, 5.74) is 1.86. The number of carbonyl (C=O) groups is 3. The fourth-order valence-electron chi connectivity index (χ4n) is 5.20. The van der Waals surface area contributed by atoms with Crippen LogP contribution in [0.1, 0.15) is 95.7 Å². The van der Waals surface area contributed by atoms with Crippen molar-refractivity contribution in [2.45, 2.75) is 109 Å². The molecule has 2 aliphatic rings. The third-order valence-electron chi connectivity index (χ3n) is 7.53. The van der Waals surface area contributed by atoms with Gasteiger partial charge in [-0.1, -0.05) is 38.7 Å². The summed E-state index contributed by atoms with van der Waals surface area (Å²) in [5.74, 6) is -0.161. The van der Waals surface area contributed by atoms with E-state index in [4.69, 9.17) is 4.98 Å². The van der Waals surface area contributed by atoms with Crippen LogP contribution in [0.4, 0.5) is 5.82 Å². The van der Waals surface area contributed by atoms with E-state index in [-0.39, 0.29) is 17.9 Å². The Bertz CT molecular complexity index is 880. The van der Waals surface area contributed by atoms with Gasteiger partial charge in [-0.25, -0.2) is 9.78 Å². The highest BCUT2D eigenvalue weighted by Gasteiger charge is 2.39. The Hall–Kier alpha value is -2.64. The number of aromatic nitrogens is 1. The van der Waals surface area contributed by atoms with Crippen LogP contribution in [-0.2, 0) is 27.2 Å². The quantitative estimate of drug-likeness (QED) is 0.332. The predicted octanol–water partition coefficient (Wildman–Crippen LogP) is 3.98. The van der Waals surface area contributed by atoms with E-state index < -0.39 is 17.4 Å². The number of pyridine rings is 1. The van der Waals surface area contributed by atoms with E-state index in [0.717, 1.165) is 75.8 Å². The lowest BCUT2D eigenvalue weighted by molar-refractivity contribution is -0.144. The Labute approximate surface area is 209 Å². The molecule has 0 saturated heterocycles. The topological polar surface area (TPSA) is 120 Å². The molecule has 1 unspecified atom stereocenters. The summed E-state index contributed by atoms with van der Waals surface area (Å²) in [7, 11) is 0. The second-order valence-corrected chi connectivity index (χ2v) is 10.5. The Morgan fingerprint density at radius 3 is 2.57 bits per heavy atom. The number of nitrogens with one attached hydrogen (secondary N) is 3. The minimum absolute atomic E-state index is 0.0541. The fraction of sp³-hybridized carbons (Fsp3) is 0.704. The first-order valence-electron chi connectivity index (χ1n) is 13.3. The van der Waals surface area contributed by atoms with Gasteiger partial charge in [-0.15, -0.1) is 0 Å². The van der Waals surface area contributed by atoms with Gasteiger partial charge in [-0.2, -0.15) is 0 Å². The Morgan fingerprint density at radius 1 is 1.14 bits per heavy atom. The van der Waals surface area contributed by atoms with Crippen LogP contribution >= 0.6 is 0 Å². The van der Waals surface area contributed by atoms with Crippen molar-refractivity contribution < 1.29 is 19.5 Å². The maximum atomic E-state index is 12.9. The number of fused-ring (bicyclic) bond motifs is 1. The second-order valence-electron chi connectivity index (χ2n) is 10.5. The molecular formula is C27H42N4O4. The number of unbranched alkanes of at least 4 members (excludes halogenated alkanes) is 4. The molecule has 1 aliphatic carbocycles. The second kappa shape index (κ2) is 12.9. The average molecular weight is 487 g/mol. The summed E-state index contributed by atoms with van der Waals surface area (Å²) < 4.78 is 0. The summed E-state index contributed by atoms with van der Waals surface area (Å²) in [6.07, 6.45) is 11.4. The van der Waals surface area contributed by atoms with Gasteiger partial charge in [0.05, 0.1) is 0 Å². The third-order valence-corrected chi connectivity index (χ3v) is 7.53. The zero-order valence-corrected chi connectivity index (χ0v) is 21.3. The van der Waals surface area contributed by atoms with Crippen molar-refractivity contribution in [1.29, 1.82) is 0 Å². The lowest BCUT2D eigenvalue weighted by Gasteiger charge is -2.36. The molecule has 1 saturated carbocycles. The number of hydrogen-bond acceptors (Lipinski definition) is 5. The molecule has 35 heavy (non-hydrogen) atoms. The lowest BCUT2D eigenvalue weighted by Crippen LogP contribution is -2.50. The zero-order valence-electron chi connectivity index (χ0n) is 21.3. The number of amides is 2. The number of carbonyl (C=O) groups excluding carboxylic acids is 2. The number of nitrogens with zero attached hydrogens (tertiary/aromatic N) is 1. The number of aliphatic carboxylic acids is 1. The number of carboxylic acid groups (broad SMARTS) is 1. The molecule has 2 heterocycles. The van der Waals surface area contributed by atoms with Crippen LogP contribution in [-0.4, -0.2) is 46.5 Å². The predicted molar refractivity (Wildman–Crippen MR) is 136 cm³/mol. The highest BCUT2D eigenvalue weighted by molar-refractivity contribution is 5.87. The van der Waals surface area contributed by atoms with E-state index in [1.54, 1.807) is 0 Å². The minimum atomic E-state index is -0.971. The molecule has 3 rings (SSSR count). The normalized spacial score (nSPS) is 22.4. The molecule has 0 bridgehead atoms. The van der Waals surface area contributed by atoms with E-state index in [1.807, 2.05) is 6.92 Å². The van der Waals surface area contributed by atoms with Crippen molar-refractivity contribution in [3.05, 3.63) is 23.4 Å². The van der Waals surface area contributed by atoms with Crippen LogP contribution in [0.2, 0.25) is 0 Å². The molecule has 1 aliphatic heterocycles. The van der Waals surface area contributed by atoms with Gasteiger partial charge in [0, 0.05) is 30.6 Å². The molecule has 0 spiro atoms. The molecule has 8 nitrogen and oxygen atoms in total. The van der Waals surface area contributed by atoms with Crippen molar-refractivity contribution in [2.75, 3.05) is 11.9 Å². The smallest absolute Gasteiger partial charge is 0.326 e. The van der Waals surface area contributed by atoms with E-state index in [1.165, 1.54) is 18.9 Å². The zero-order chi connectivity index (χ0) is 25.3. The largest absolute Gasteiger partial charge is 0.480 e. The van der Waals surface area contributed by atoms with E-state index in [2.05, 4.69) is 28.1 Å². The van der Waals surface area contributed by atoms with E-state index >= 15 is 0 Å². The molecule has 2 amide bonds. The molecule has 0 radical (unpaired) electrons. The van der Waals surface area contributed by atoms with Gasteiger partial charge in [-0.3, -0.25) is 9.59 Å². The fourth-order valence-corrected chi connectivity index (χ4v) is 5.20. The lowest BCUT2D eigenvalue weighted by atomic mass is 9.73. The van der Waals surface area contributed by atoms with Crippen LogP contribution in [0.3, 0.4) is 0 Å². The van der Waals surface area contributed by atoms with Crippen molar-refractivity contribution in [1.82, 2.24) is 15.6 Å². The van der Waals surface area contributed by atoms with Gasteiger partial charge in [0.25, 0.3) is 0 Å². The number of anilines is 1. The first kappa shape index (κ1) is 27.0. The SMILES string of the molecule is CC(=O)NC1CCC(C)(C(=O)NC(CCCCCCCc2ccc3c(n2)NCCC3)C(=O)O)CC1. The minimum Gasteiger partial charge on any atom is -0.480 e. The third kappa shape index (κ3) is 8.22. The molecule has 194 valence electrons. The van der Waals surface area contributed by atoms with Crippen molar-refractivity contribution in [3.8, 4) is 0 Å². The molecule has 0 aromatic carbocycles. The van der Waals surface area contributed by atoms with Crippen LogP contribution in [0.5, 0.6) is 0 Å². The molecule has 4 N–H and O–H groups in total. The summed E-state index contributed by atoms with van der Waals surface area (Å²) in [6, 6.07) is 3.58. The highest BCUT2D eigenvalue weighted by Crippen LogP contribution is 2.36. The van der Waals surface area contributed by atoms with E-state index in [0.29, 0.717) is 19.3 Å². The molecule has 1 fully saturated rings. The van der Waals surface area contributed by atoms with Crippen LogP contribution in [0.25, 0.3) is 0 Å². The Kier molecular flexibility index (Phi) is 9.93. The average Bonchev–Trinajstić information content (AvgIpc) is 2.83. The Morgan fingerprint density at radius 2 is 1.86 bits per heavy atom. The molecule has 1 aromatic rings. The Balaban J connectivity index is 1.32. The summed E-state index contributed by atoms with van der Waals surface area (Å²) in [4.78, 5) is 40.6. The van der Waals surface area contributed by atoms with Crippen molar-refractivity contribution in [3.63, 3.8) is 0 Å². The summed E-state index contributed by atoms with van der Waals surface area (Å²) in [5, 5.41) is 18.7. The molecule has 8 heteroatoms.